The Bertz CT molecular complexity index is 283. The molecule has 1 heterocycles. The van der Waals surface area contributed by atoms with Crippen molar-refractivity contribution in [3.05, 3.63) is 0 Å². The Morgan fingerprint density at radius 1 is 1.33 bits per heavy atom. The average Bonchev–Trinajstić information content (AvgIpc) is 2.37. The molecule has 4 nitrogen and oxygen atoms in total. The normalized spacial score (nSPS) is 19.8. The number of likely N-dealkylation sites (tertiary alicyclic amines) is 1. The molecule has 1 atom stereocenters. The lowest BCUT2D eigenvalue weighted by Gasteiger charge is -2.35. The average molecular weight is 273 g/mol. The topological polar surface area (TPSA) is 57.6 Å². The summed E-state index contributed by atoms with van der Waals surface area (Å²) in [7, 11) is 0. The second kappa shape index (κ2) is 8.40. The fraction of sp³-hybridized carbons (Fsp3) is 0.846. The van der Waals surface area contributed by atoms with Crippen LogP contribution in [0.1, 0.15) is 44.9 Å². The van der Waals surface area contributed by atoms with Crippen molar-refractivity contribution in [2.75, 3.05) is 18.6 Å². The van der Waals surface area contributed by atoms with Gasteiger partial charge in [-0.1, -0.05) is 0 Å². The van der Waals surface area contributed by atoms with Crippen LogP contribution in [0.5, 0.6) is 0 Å². The third-order valence-electron chi connectivity index (χ3n) is 3.38. The molecule has 0 bridgehead atoms. The molecule has 1 N–H and O–H groups in total. The van der Waals surface area contributed by atoms with Crippen LogP contribution >= 0.6 is 11.8 Å². The van der Waals surface area contributed by atoms with Gasteiger partial charge in [0.05, 0.1) is 0 Å². The van der Waals surface area contributed by atoms with Crippen LogP contribution in [-0.2, 0) is 9.59 Å². The molecule has 0 aromatic carbocycles. The Morgan fingerprint density at radius 3 is 2.78 bits per heavy atom. The van der Waals surface area contributed by atoms with Crippen LogP contribution in [0.3, 0.4) is 0 Å². The molecule has 18 heavy (non-hydrogen) atoms. The molecule has 0 radical (unpaired) electrons. The van der Waals surface area contributed by atoms with Gasteiger partial charge in [-0.3, -0.25) is 9.59 Å². The first-order valence-corrected chi connectivity index (χ1v) is 8.04. The van der Waals surface area contributed by atoms with E-state index in [0.29, 0.717) is 12.8 Å². The van der Waals surface area contributed by atoms with Gasteiger partial charge in [0.1, 0.15) is 0 Å². The Kier molecular flexibility index (Phi) is 7.16. The molecule has 0 aromatic rings. The van der Waals surface area contributed by atoms with Gasteiger partial charge in [-0.25, -0.2) is 0 Å². The van der Waals surface area contributed by atoms with Crippen molar-refractivity contribution in [1.29, 1.82) is 0 Å². The Balaban J connectivity index is 2.42. The van der Waals surface area contributed by atoms with E-state index in [0.717, 1.165) is 38.0 Å². The summed E-state index contributed by atoms with van der Waals surface area (Å²) >= 11 is 1.76. The van der Waals surface area contributed by atoms with Crippen molar-refractivity contribution in [2.45, 2.75) is 51.0 Å². The molecule has 1 amide bonds. The standard InChI is InChI=1S/C13H23NO3S/c1-18-10-4-6-12(15)14-9-3-2-5-11(14)7-8-13(16)17/h11H,2-10H2,1H3,(H,16,17)/t11-/m1/s1. The number of carbonyl (C=O) groups is 2. The lowest BCUT2D eigenvalue weighted by molar-refractivity contribution is -0.140. The number of aliphatic carboxylic acids is 1. The summed E-state index contributed by atoms with van der Waals surface area (Å²) in [5.41, 5.74) is 0. The van der Waals surface area contributed by atoms with Crippen LogP contribution in [-0.4, -0.2) is 46.5 Å². The maximum atomic E-state index is 12.1. The van der Waals surface area contributed by atoms with Crippen molar-refractivity contribution in [3.8, 4) is 0 Å². The number of carboxylic acids is 1. The van der Waals surface area contributed by atoms with Gasteiger partial charge in [0.25, 0.3) is 0 Å². The van der Waals surface area contributed by atoms with E-state index in [2.05, 4.69) is 0 Å². The quantitative estimate of drug-likeness (QED) is 0.724. The van der Waals surface area contributed by atoms with Gasteiger partial charge in [0.15, 0.2) is 0 Å². The van der Waals surface area contributed by atoms with E-state index in [1.165, 1.54) is 0 Å². The highest BCUT2D eigenvalue weighted by Crippen LogP contribution is 2.22. The molecule has 1 rings (SSSR count). The fourth-order valence-electron chi connectivity index (χ4n) is 2.43. The van der Waals surface area contributed by atoms with Crippen LogP contribution in [0.15, 0.2) is 0 Å². The van der Waals surface area contributed by atoms with Crippen LogP contribution in [0, 0.1) is 0 Å². The van der Waals surface area contributed by atoms with Gasteiger partial charge >= 0.3 is 5.97 Å². The van der Waals surface area contributed by atoms with Gasteiger partial charge in [0, 0.05) is 25.4 Å². The molecule has 1 saturated heterocycles. The van der Waals surface area contributed by atoms with E-state index < -0.39 is 5.97 Å². The summed E-state index contributed by atoms with van der Waals surface area (Å²) in [6, 6.07) is 0.150. The van der Waals surface area contributed by atoms with E-state index in [-0.39, 0.29) is 18.4 Å². The number of rotatable bonds is 7. The highest BCUT2D eigenvalue weighted by atomic mass is 32.2. The zero-order valence-electron chi connectivity index (χ0n) is 11.1. The number of thioether (sulfide) groups is 1. The van der Waals surface area contributed by atoms with E-state index >= 15 is 0 Å². The summed E-state index contributed by atoms with van der Waals surface area (Å²) in [5, 5.41) is 8.74. The summed E-state index contributed by atoms with van der Waals surface area (Å²) in [6.45, 7) is 0.808. The van der Waals surface area contributed by atoms with Crippen molar-refractivity contribution in [3.63, 3.8) is 0 Å². The molecule has 1 fully saturated rings. The van der Waals surface area contributed by atoms with Crippen LogP contribution in [0.4, 0.5) is 0 Å². The van der Waals surface area contributed by atoms with Crippen molar-refractivity contribution in [2.24, 2.45) is 0 Å². The van der Waals surface area contributed by atoms with Gasteiger partial charge in [-0.2, -0.15) is 11.8 Å². The molecule has 104 valence electrons. The second-order valence-corrected chi connectivity index (χ2v) is 5.75. The number of piperidine rings is 1. The Morgan fingerprint density at radius 2 is 2.11 bits per heavy atom. The number of hydrogen-bond acceptors (Lipinski definition) is 3. The molecule has 0 saturated carbocycles. The van der Waals surface area contributed by atoms with E-state index in [4.69, 9.17) is 5.11 Å². The molecule has 0 aliphatic carbocycles. The van der Waals surface area contributed by atoms with Crippen LogP contribution in [0.25, 0.3) is 0 Å². The number of nitrogens with zero attached hydrogens (tertiary/aromatic N) is 1. The summed E-state index contributed by atoms with van der Waals surface area (Å²) < 4.78 is 0. The predicted molar refractivity (Wildman–Crippen MR) is 73.8 cm³/mol. The minimum absolute atomic E-state index is 0.150. The summed E-state index contributed by atoms with van der Waals surface area (Å²) in [6.07, 6.45) is 7.45. The Labute approximate surface area is 113 Å². The smallest absolute Gasteiger partial charge is 0.303 e. The highest BCUT2D eigenvalue weighted by molar-refractivity contribution is 7.98. The van der Waals surface area contributed by atoms with Gasteiger partial charge in [-0.15, -0.1) is 0 Å². The van der Waals surface area contributed by atoms with Gasteiger partial charge in [0.2, 0.25) is 5.91 Å². The SMILES string of the molecule is CSCCCC(=O)N1CCCC[C@@H]1CCC(=O)O. The molecular formula is C13H23NO3S. The first-order valence-electron chi connectivity index (χ1n) is 6.65. The number of carbonyl (C=O) groups excluding carboxylic acids is 1. The maximum Gasteiger partial charge on any atom is 0.303 e. The minimum atomic E-state index is -0.768. The largest absolute Gasteiger partial charge is 0.481 e. The molecule has 0 unspecified atom stereocenters. The zero-order chi connectivity index (χ0) is 13.4. The van der Waals surface area contributed by atoms with E-state index in [9.17, 15) is 9.59 Å². The number of hydrogen-bond donors (Lipinski definition) is 1. The van der Waals surface area contributed by atoms with Crippen molar-refractivity contribution < 1.29 is 14.7 Å². The maximum absolute atomic E-state index is 12.1. The first kappa shape index (κ1) is 15.3. The van der Waals surface area contributed by atoms with Crippen molar-refractivity contribution >= 4 is 23.6 Å². The first-order chi connectivity index (χ1) is 8.65. The lowest BCUT2D eigenvalue weighted by Crippen LogP contribution is -2.43. The molecule has 5 heteroatoms. The van der Waals surface area contributed by atoms with Crippen molar-refractivity contribution in [1.82, 2.24) is 4.90 Å². The van der Waals surface area contributed by atoms with E-state index in [1.54, 1.807) is 11.8 Å². The zero-order valence-corrected chi connectivity index (χ0v) is 11.9. The summed E-state index contributed by atoms with van der Waals surface area (Å²) in [4.78, 5) is 24.6. The molecule has 1 aliphatic rings. The Hall–Kier alpha value is -0.710. The highest BCUT2D eigenvalue weighted by Gasteiger charge is 2.26. The number of amides is 1. The van der Waals surface area contributed by atoms with Gasteiger partial charge < -0.3 is 10.0 Å². The third kappa shape index (κ3) is 5.29. The molecule has 0 spiro atoms. The van der Waals surface area contributed by atoms with Crippen LogP contribution in [0.2, 0.25) is 0 Å². The fourth-order valence-corrected chi connectivity index (χ4v) is 2.86. The third-order valence-corrected chi connectivity index (χ3v) is 4.07. The predicted octanol–water partition coefficient (Wildman–Crippen LogP) is 2.38. The number of carboxylic acid groups (broad SMARTS) is 1. The van der Waals surface area contributed by atoms with E-state index in [1.807, 2.05) is 11.2 Å². The second-order valence-electron chi connectivity index (χ2n) is 4.77. The molecular weight excluding hydrogens is 250 g/mol. The molecule has 1 aliphatic heterocycles. The minimum Gasteiger partial charge on any atom is -0.481 e. The molecule has 0 aromatic heterocycles. The monoisotopic (exact) mass is 273 g/mol. The van der Waals surface area contributed by atoms with Gasteiger partial charge in [-0.05, 0) is 44.1 Å². The lowest BCUT2D eigenvalue weighted by atomic mass is 9.97. The summed E-state index contributed by atoms with van der Waals surface area (Å²) in [5.74, 6) is 0.453. The van der Waals surface area contributed by atoms with Crippen LogP contribution < -0.4 is 0 Å².